The molecule has 1 aliphatic carbocycles. The van der Waals surface area contributed by atoms with Crippen LogP contribution in [0.4, 0.5) is 11.5 Å². The monoisotopic (exact) mass is 520 g/mol. The summed E-state index contributed by atoms with van der Waals surface area (Å²) in [6.45, 7) is 0.140. The standard InChI is InChI=1S/C22H28N6O.HI/c1-26(2)18-10-8-16(9-11-18)21-22(24-17-6-4-3-5-7-17)28-13-12-27(14-19(23)29)15-20(28)25-21;/h8-13,15,17H,3-7,14H2,1-2H3,(H2,23,29);1H. The maximum Gasteiger partial charge on any atom is 0.283 e. The molecular weight excluding hydrogens is 491 g/mol. The summed E-state index contributed by atoms with van der Waals surface area (Å²) < 4.78 is 3.84. The first-order chi connectivity index (χ1) is 14.0. The van der Waals surface area contributed by atoms with E-state index in [4.69, 9.17) is 10.7 Å². The van der Waals surface area contributed by atoms with E-state index in [0.717, 1.165) is 28.4 Å². The molecule has 160 valence electrons. The molecule has 1 amide bonds. The Morgan fingerprint density at radius 3 is 2.57 bits per heavy atom. The summed E-state index contributed by atoms with van der Waals surface area (Å²) in [5, 5.41) is 3.76. The van der Waals surface area contributed by atoms with Gasteiger partial charge in [0.05, 0.1) is 6.20 Å². The van der Waals surface area contributed by atoms with Crippen molar-refractivity contribution in [1.82, 2.24) is 9.38 Å². The highest BCUT2D eigenvalue weighted by molar-refractivity contribution is 5.77. The van der Waals surface area contributed by atoms with Crippen LogP contribution >= 0.6 is 0 Å². The zero-order valence-corrected chi connectivity index (χ0v) is 19.7. The van der Waals surface area contributed by atoms with Crippen molar-refractivity contribution < 1.29 is 33.3 Å². The van der Waals surface area contributed by atoms with Gasteiger partial charge in [-0.1, -0.05) is 31.4 Å². The molecule has 1 aromatic carbocycles. The van der Waals surface area contributed by atoms with Crippen molar-refractivity contribution in [1.29, 1.82) is 0 Å². The van der Waals surface area contributed by atoms with Gasteiger partial charge in [-0.25, -0.2) is 4.98 Å². The third kappa shape index (κ3) is 4.85. The smallest absolute Gasteiger partial charge is 0.283 e. The van der Waals surface area contributed by atoms with Gasteiger partial charge in [0.2, 0.25) is 18.4 Å². The normalized spacial score (nSPS) is 14.3. The van der Waals surface area contributed by atoms with Crippen LogP contribution in [-0.2, 0) is 11.3 Å². The second-order valence-corrected chi connectivity index (χ2v) is 8.02. The van der Waals surface area contributed by atoms with Crippen molar-refractivity contribution in [3.8, 4) is 11.3 Å². The van der Waals surface area contributed by atoms with Crippen molar-refractivity contribution in [2.24, 2.45) is 5.73 Å². The number of halogens is 1. The molecule has 1 fully saturated rings. The summed E-state index contributed by atoms with van der Waals surface area (Å²) in [6.07, 6.45) is 11.9. The Morgan fingerprint density at radius 2 is 1.93 bits per heavy atom. The van der Waals surface area contributed by atoms with E-state index in [1.54, 1.807) is 4.57 Å². The number of nitrogens with two attached hydrogens (primary N) is 1. The van der Waals surface area contributed by atoms with Crippen LogP contribution < -0.4 is 44.5 Å². The SMILES string of the molecule is CN(C)c1ccc(-c2nc3c[n+](CC(N)=O)ccn3c2NC2CCCCC2)cc1.[I-]. The first-order valence-electron chi connectivity index (χ1n) is 10.2. The molecule has 7 nitrogen and oxygen atoms in total. The van der Waals surface area contributed by atoms with Gasteiger partial charge in [-0.05, 0) is 25.0 Å². The molecule has 0 radical (unpaired) electrons. The number of nitrogens with one attached hydrogen (secondary N) is 1. The Hall–Kier alpha value is -2.36. The number of carbonyl (C=O) groups excluding carboxylic acids is 1. The first-order valence-corrected chi connectivity index (χ1v) is 10.2. The van der Waals surface area contributed by atoms with E-state index >= 15 is 0 Å². The molecule has 4 rings (SSSR count). The Labute approximate surface area is 194 Å². The molecule has 0 spiro atoms. The molecule has 0 bridgehead atoms. The molecule has 0 atom stereocenters. The summed E-state index contributed by atoms with van der Waals surface area (Å²) in [7, 11) is 4.07. The number of primary amides is 1. The first kappa shape index (κ1) is 22.3. The molecule has 2 aromatic heterocycles. The number of imidazole rings is 1. The van der Waals surface area contributed by atoms with Crippen LogP contribution in [0.1, 0.15) is 32.1 Å². The number of amides is 1. The molecule has 3 aromatic rings. The molecule has 2 heterocycles. The maximum absolute atomic E-state index is 11.3. The average molecular weight is 520 g/mol. The zero-order valence-electron chi connectivity index (χ0n) is 17.5. The quantitative estimate of drug-likeness (QED) is 0.342. The number of carbonyl (C=O) groups is 1. The van der Waals surface area contributed by atoms with Gasteiger partial charge >= 0.3 is 0 Å². The lowest BCUT2D eigenvalue weighted by Crippen LogP contribution is -3.00. The van der Waals surface area contributed by atoms with Gasteiger partial charge in [0.1, 0.15) is 11.5 Å². The minimum Gasteiger partial charge on any atom is -1.00 e. The fourth-order valence-corrected chi connectivity index (χ4v) is 4.01. The van der Waals surface area contributed by atoms with E-state index in [1.807, 2.05) is 32.7 Å². The number of aromatic nitrogens is 3. The van der Waals surface area contributed by atoms with Crippen molar-refractivity contribution in [3.63, 3.8) is 0 Å². The van der Waals surface area contributed by atoms with Crippen molar-refractivity contribution in [2.45, 2.75) is 44.7 Å². The van der Waals surface area contributed by atoms with Gasteiger partial charge < -0.3 is 39.9 Å². The van der Waals surface area contributed by atoms with E-state index in [-0.39, 0.29) is 36.4 Å². The van der Waals surface area contributed by atoms with Crippen molar-refractivity contribution in [3.05, 3.63) is 42.9 Å². The Bertz CT molecular complexity index is 1010. The third-order valence-corrected chi connectivity index (χ3v) is 5.57. The molecule has 1 saturated carbocycles. The second kappa shape index (κ2) is 9.63. The van der Waals surface area contributed by atoms with Crippen LogP contribution in [0.3, 0.4) is 0 Å². The predicted octanol–water partition coefficient (Wildman–Crippen LogP) is -0.411. The largest absolute Gasteiger partial charge is 1.00 e. The van der Waals surface area contributed by atoms with E-state index in [0.29, 0.717) is 6.04 Å². The molecule has 1 aliphatic rings. The summed E-state index contributed by atoms with van der Waals surface area (Å²) in [5.41, 5.74) is 9.29. The van der Waals surface area contributed by atoms with Crippen LogP contribution in [0.2, 0.25) is 0 Å². The zero-order chi connectivity index (χ0) is 20.4. The van der Waals surface area contributed by atoms with Crippen molar-refractivity contribution in [2.75, 3.05) is 24.3 Å². The fraction of sp³-hybridized carbons (Fsp3) is 0.409. The summed E-state index contributed by atoms with van der Waals surface area (Å²) in [6, 6.07) is 8.90. The van der Waals surface area contributed by atoms with Crippen LogP contribution in [-0.4, -0.2) is 35.4 Å². The van der Waals surface area contributed by atoms with Gasteiger partial charge in [0, 0.05) is 31.4 Å². The lowest BCUT2D eigenvalue weighted by Gasteiger charge is -2.24. The average Bonchev–Trinajstić information content (AvgIpc) is 3.06. The molecular formula is C22H29IN6O. The lowest BCUT2D eigenvalue weighted by atomic mass is 9.95. The lowest BCUT2D eigenvalue weighted by molar-refractivity contribution is -0.683. The summed E-state index contributed by atoms with van der Waals surface area (Å²) in [4.78, 5) is 18.3. The van der Waals surface area contributed by atoms with E-state index in [1.165, 1.54) is 32.1 Å². The van der Waals surface area contributed by atoms with Gasteiger partial charge in [0.25, 0.3) is 5.91 Å². The van der Waals surface area contributed by atoms with Crippen molar-refractivity contribution >= 4 is 23.1 Å². The predicted molar refractivity (Wildman–Crippen MR) is 115 cm³/mol. The molecule has 0 saturated heterocycles. The Kier molecular flexibility index (Phi) is 7.17. The third-order valence-electron chi connectivity index (χ3n) is 5.57. The summed E-state index contributed by atoms with van der Waals surface area (Å²) >= 11 is 0. The number of hydrogen-bond acceptors (Lipinski definition) is 4. The maximum atomic E-state index is 11.3. The summed E-state index contributed by atoms with van der Waals surface area (Å²) in [5.74, 6) is 0.640. The van der Waals surface area contributed by atoms with Crippen LogP contribution in [0.15, 0.2) is 42.9 Å². The Balaban J connectivity index is 0.00000256. The number of rotatable bonds is 6. The molecule has 30 heavy (non-hydrogen) atoms. The van der Waals surface area contributed by atoms with Crippen LogP contribution in [0.5, 0.6) is 0 Å². The number of benzene rings is 1. The second-order valence-electron chi connectivity index (χ2n) is 8.02. The van der Waals surface area contributed by atoms with Gasteiger partial charge in [-0.3, -0.25) is 9.20 Å². The van der Waals surface area contributed by atoms with E-state index in [2.05, 4.69) is 38.9 Å². The number of fused-ring (bicyclic) bond motifs is 1. The highest BCUT2D eigenvalue weighted by atomic mass is 127. The number of anilines is 2. The molecule has 0 unspecified atom stereocenters. The van der Waals surface area contributed by atoms with E-state index in [9.17, 15) is 4.79 Å². The highest BCUT2D eigenvalue weighted by Gasteiger charge is 2.21. The van der Waals surface area contributed by atoms with Crippen LogP contribution in [0, 0.1) is 0 Å². The highest BCUT2D eigenvalue weighted by Crippen LogP contribution is 2.32. The van der Waals surface area contributed by atoms with Gasteiger partial charge in [-0.15, -0.1) is 0 Å². The van der Waals surface area contributed by atoms with Gasteiger partial charge in [-0.2, -0.15) is 4.57 Å². The minimum absolute atomic E-state index is 0. The fourth-order valence-electron chi connectivity index (χ4n) is 4.01. The molecule has 8 heteroatoms. The molecule has 3 N–H and O–H groups in total. The molecule has 0 aliphatic heterocycles. The van der Waals surface area contributed by atoms with E-state index < -0.39 is 0 Å². The van der Waals surface area contributed by atoms with Gasteiger partial charge in [0.15, 0.2) is 6.20 Å². The minimum atomic E-state index is -0.369. The number of nitrogens with zero attached hydrogens (tertiary/aromatic N) is 4. The topological polar surface area (TPSA) is 79.5 Å². The van der Waals surface area contributed by atoms with Crippen LogP contribution in [0.25, 0.3) is 16.9 Å². The Morgan fingerprint density at radius 1 is 1.23 bits per heavy atom. The number of hydrogen-bond donors (Lipinski definition) is 2.